The molecule has 8 heavy (non-hydrogen) atoms. The van der Waals surface area contributed by atoms with Gasteiger partial charge in [0.15, 0.2) is 0 Å². The van der Waals surface area contributed by atoms with E-state index in [9.17, 15) is 0 Å². The van der Waals surface area contributed by atoms with Crippen molar-refractivity contribution in [1.29, 1.82) is 0 Å². The van der Waals surface area contributed by atoms with E-state index in [0.29, 0.717) is 0 Å². The minimum atomic E-state index is 0.991. The van der Waals surface area contributed by atoms with Crippen molar-refractivity contribution in [2.75, 3.05) is 14.1 Å². The summed E-state index contributed by atoms with van der Waals surface area (Å²) < 4.78 is 0. The second-order valence-electron chi connectivity index (χ2n) is 2.12. The number of rotatable bonds is 2. The van der Waals surface area contributed by atoms with Crippen LogP contribution < -0.4 is 0 Å². The third-order valence-electron chi connectivity index (χ3n) is 1.03. The van der Waals surface area contributed by atoms with Crippen LogP contribution in [-0.2, 0) is 0 Å². The summed E-state index contributed by atoms with van der Waals surface area (Å²) in [4.78, 5) is 1.95. The fourth-order valence-electron chi connectivity index (χ4n) is 0.382. The van der Waals surface area contributed by atoms with Crippen LogP contribution in [0.3, 0.4) is 0 Å². The first-order valence-electron chi connectivity index (χ1n) is 2.58. The van der Waals surface area contributed by atoms with Crippen LogP contribution in [0.5, 0.6) is 0 Å². The molecule has 0 amide bonds. The largest absolute Gasteiger partial charge is 0.378 e. The molecule has 0 spiro atoms. The van der Waals surface area contributed by atoms with Crippen molar-refractivity contribution in [3.8, 4) is 0 Å². The second-order valence-corrected chi connectivity index (χ2v) is 2.12. The molecule has 46 valence electrons. The topological polar surface area (TPSA) is 3.24 Å². The fraction of sp³-hybridized carbons (Fsp3) is 0.429. The Labute approximate surface area is 51.3 Å². The molecular formula is C7H13N. The minimum absolute atomic E-state index is 0.991. The Hall–Kier alpha value is -0.720. The molecule has 1 heteroatoms. The summed E-state index contributed by atoms with van der Waals surface area (Å²) in [5.41, 5.74) is 2.01. The molecule has 0 aromatic carbocycles. The standard InChI is InChI=1S/C7H13N/c1-6(2)7(3)8(4)5/h1,3H2,2,4-5H3. The number of hydrogen-bond acceptors (Lipinski definition) is 1. The van der Waals surface area contributed by atoms with Crippen molar-refractivity contribution in [2.45, 2.75) is 6.92 Å². The first kappa shape index (κ1) is 7.28. The van der Waals surface area contributed by atoms with Gasteiger partial charge in [0.2, 0.25) is 0 Å². The summed E-state index contributed by atoms with van der Waals surface area (Å²) in [7, 11) is 3.91. The van der Waals surface area contributed by atoms with Gasteiger partial charge in [-0.05, 0) is 12.5 Å². The smallest absolute Gasteiger partial charge is 0.0311 e. The average Bonchev–Trinajstić information content (AvgIpc) is 1.64. The lowest BCUT2D eigenvalue weighted by atomic mass is 10.2. The lowest BCUT2D eigenvalue weighted by Crippen LogP contribution is -2.09. The summed E-state index contributed by atoms with van der Waals surface area (Å²) in [5.74, 6) is 0. The van der Waals surface area contributed by atoms with Crippen molar-refractivity contribution >= 4 is 0 Å². The average molecular weight is 111 g/mol. The van der Waals surface area contributed by atoms with Gasteiger partial charge in [-0.25, -0.2) is 0 Å². The van der Waals surface area contributed by atoms with Gasteiger partial charge in [0.1, 0.15) is 0 Å². The van der Waals surface area contributed by atoms with Gasteiger partial charge < -0.3 is 4.90 Å². The van der Waals surface area contributed by atoms with E-state index < -0.39 is 0 Å². The second kappa shape index (κ2) is 2.55. The molecule has 0 unspecified atom stereocenters. The van der Waals surface area contributed by atoms with Gasteiger partial charge in [0.05, 0.1) is 0 Å². The number of allylic oxidation sites excluding steroid dienone is 1. The summed E-state index contributed by atoms with van der Waals surface area (Å²) >= 11 is 0. The van der Waals surface area contributed by atoms with Crippen LogP contribution in [-0.4, -0.2) is 19.0 Å². The van der Waals surface area contributed by atoms with Crippen molar-refractivity contribution in [1.82, 2.24) is 4.90 Å². The van der Waals surface area contributed by atoms with Crippen molar-refractivity contribution in [3.05, 3.63) is 24.4 Å². The molecule has 0 heterocycles. The van der Waals surface area contributed by atoms with E-state index in [4.69, 9.17) is 0 Å². The third kappa shape index (κ3) is 1.82. The molecule has 0 fully saturated rings. The van der Waals surface area contributed by atoms with Crippen LogP contribution in [0.2, 0.25) is 0 Å². The molecule has 0 radical (unpaired) electrons. The molecule has 0 aliphatic rings. The lowest BCUT2D eigenvalue weighted by molar-refractivity contribution is 0.524. The van der Waals surface area contributed by atoms with E-state index in [1.165, 1.54) is 0 Å². The van der Waals surface area contributed by atoms with Crippen molar-refractivity contribution in [2.24, 2.45) is 0 Å². The highest BCUT2D eigenvalue weighted by Crippen LogP contribution is 2.04. The summed E-state index contributed by atoms with van der Waals surface area (Å²) in [6, 6.07) is 0. The maximum Gasteiger partial charge on any atom is 0.0311 e. The summed E-state index contributed by atoms with van der Waals surface area (Å²) in [6.07, 6.45) is 0. The highest BCUT2D eigenvalue weighted by Gasteiger charge is 1.92. The van der Waals surface area contributed by atoms with Crippen molar-refractivity contribution in [3.63, 3.8) is 0 Å². The lowest BCUT2D eigenvalue weighted by Gasteiger charge is -2.14. The highest BCUT2D eigenvalue weighted by atomic mass is 15.1. The Balaban J connectivity index is 3.84. The third-order valence-corrected chi connectivity index (χ3v) is 1.03. The Morgan fingerprint density at radius 3 is 1.62 bits per heavy atom. The molecule has 1 nitrogen and oxygen atoms in total. The minimum Gasteiger partial charge on any atom is -0.378 e. The van der Waals surface area contributed by atoms with Gasteiger partial charge in [-0.3, -0.25) is 0 Å². The van der Waals surface area contributed by atoms with Crippen LogP contribution in [0.4, 0.5) is 0 Å². The summed E-state index contributed by atoms with van der Waals surface area (Å²) in [6.45, 7) is 9.46. The first-order chi connectivity index (χ1) is 3.55. The SMILES string of the molecule is C=C(C)C(=C)N(C)C. The molecule has 0 aromatic heterocycles. The molecular weight excluding hydrogens is 98.1 g/mol. The molecule has 0 saturated heterocycles. The molecule has 0 saturated carbocycles. The van der Waals surface area contributed by atoms with E-state index in [0.717, 1.165) is 11.3 Å². The Morgan fingerprint density at radius 1 is 1.25 bits per heavy atom. The van der Waals surface area contributed by atoms with E-state index in [1.54, 1.807) is 0 Å². The normalized spacial score (nSPS) is 8.38. The number of likely N-dealkylation sites (N-methyl/N-ethyl adjacent to an activating group) is 1. The molecule has 0 bridgehead atoms. The zero-order valence-electron chi connectivity index (χ0n) is 5.86. The molecule has 0 atom stereocenters. The molecule has 0 N–H and O–H groups in total. The van der Waals surface area contributed by atoms with Crippen LogP contribution in [0.25, 0.3) is 0 Å². The molecule has 0 aliphatic heterocycles. The van der Waals surface area contributed by atoms with Crippen LogP contribution in [0.15, 0.2) is 24.4 Å². The first-order valence-corrected chi connectivity index (χ1v) is 2.58. The molecule has 0 aliphatic carbocycles. The zero-order chi connectivity index (χ0) is 6.73. The molecule has 0 aromatic rings. The van der Waals surface area contributed by atoms with E-state index in [2.05, 4.69) is 13.2 Å². The van der Waals surface area contributed by atoms with Gasteiger partial charge in [-0.1, -0.05) is 13.2 Å². The van der Waals surface area contributed by atoms with Gasteiger partial charge in [-0.2, -0.15) is 0 Å². The van der Waals surface area contributed by atoms with Gasteiger partial charge in [0, 0.05) is 19.8 Å². The number of hydrogen-bond donors (Lipinski definition) is 0. The van der Waals surface area contributed by atoms with Crippen LogP contribution >= 0.6 is 0 Å². The van der Waals surface area contributed by atoms with Gasteiger partial charge in [-0.15, -0.1) is 0 Å². The zero-order valence-corrected chi connectivity index (χ0v) is 5.86. The number of nitrogens with zero attached hydrogens (tertiary/aromatic N) is 1. The fourth-order valence-corrected chi connectivity index (χ4v) is 0.382. The van der Waals surface area contributed by atoms with Crippen molar-refractivity contribution < 1.29 is 0 Å². The Kier molecular flexibility index (Phi) is 2.32. The monoisotopic (exact) mass is 111 g/mol. The van der Waals surface area contributed by atoms with E-state index in [-0.39, 0.29) is 0 Å². The van der Waals surface area contributed by atoms with E-state index >= 15 is 0 Å². The summed E-state index contributed by atoms with van der Waals surface area (Å²) in [5, 5.41) is 0. The van der Waals surface area contributed by atoms with Crippen LogP contribution in [0.1, 0.15) is 6.92 Å². The maximum absolute atomic E-state index is 3.78. The van der Waals surface area contributed by atoms with Crippen LogP contribution in [0, 0.1) is 0 Å². The van der Waals surface area contributed by atoms with Gasteiger partial charge >= 0.3 is 0 Å². The predicted octanol–water partition coefficient (Wildman–Crippen LogP) is 1.64. The van der Waals surface area contributed by atoms with E-state index in [1.807, 2.05) is 25.9 Å². The Bertz CT molecular complexity index is 112. The quantitative estimate of drug-likeness (QED) is 0.490. The van der Waals surface area contributed by atoms with Gasteiger partial charge in [0.25, 0.3) is 0 Å². The predicted molar refractivity (Wildman–Crippen MR) is 37.6 cm³/mol. The maximum atomic E-state index is 3.78. The molecule has 0 rings (SSSR count). The Morgan fingerprint density at radius 2 is 1.62 bits per heavy atom. The highest BCUT2D eigenvalue weighted by molar-refractivity contribution is 5.20.